The summed E-state index contributed by atoms with van der Waals surface area (Å²) in [6.45, 7) is 3.18. The second-order valence-electron chi connectivity index (χ2n) is 7.11. The molecule has 0 radical (unpaired) electrons. The van der Waals surface area contributed by atoms with Gasteiger partial charge in [0.1, 0.15) is 5.82 Å². The van der Waals surface area contributed by atoms with Crippen LogP contribution in [0, 0.1) is 6.92 Å². The molecule has 0 aliphatic rings. The van der Waals surface area contributed by atoms with Gasteiger partial charge in [-0.1, -0.05) is 53.6 Å². The maximum atomic E-state index is 12.4. The Hall–Kier alpha value is -3.11. The molecule has 29 heavy (non-hydrogen) atoms. The number of halogens is 1. The summed E-state index contributed by atoms with van der Waals surface area (Å²) in [4.78, 5) is 17.2. The number of carbonyl (C=O) groups excluding carboxylic acids is 1. The molecule has 1 N–H and O–H groups in total. The van der Waals surface area contributed by atoms with Crippen LogP contribution in [0.1, 0.15) is 27.3 Å². The molecule has 146 valence electrons. The van der Waals surface area contributed by atoms with Gasteiger partial charge in [0, 0.05) is 30.1 Å². The fourth-order valence-electron chi connectivity index (χ4n) is 3.49. The van der Waals surface area contributed by atoms with Gasteiger partial charge in [-0.2, -0.15) is 0 Å². The van der Waals surface area contributed by atoms with E-state index in [0.717, 1.165) is 33.0 Å². The van der Waals surface area contributed by atoms with E-state index in [1.807, 2.05) is 67.6 Å². The number of carbonyl (C=O) groups is 1. The summed E-state index contributed by atoms with van der Waals surface area (Å²) in [6, 6.07) is 23.6. The molecule has 0 saturated carbocycles. The molecule has 0 atom stereocenters. The van der Waals surface area contributed by atoms with Crippen molar-refractivity contribution in [1.29, 1.82) is 0 Å². The standard InChI is InChI=1S/C24H22ClN3O/c1-17-6-4-8-19(14-17)24(29)26-13-12-23-27-21-10-2-3-11-22(21)28(23)16-18-7-5-9-20(25)15-18/h2-11,14-15H,12-13,16H2,1H3,(H,26,29). The molecular formula is C24H22ClN3O. The molecule has 1 heterocycles. The molecule has 1 aromatic heterocycles. The fraction of sp³-hybridized carbons (Fsp3) is 0.167. The van der Waals surface area contributed by atoms with Crippen molar-refractivity contribution in [2.24, 2.45) is 0 Å². The van der Waals surface area contributed by atoms with Gasteiger partial charge < -0.3 is 9.88 Å². The van der Waals surface area contributed by atoms with E-state index in [1.54, 1.807) is 0 Å². The van der Waals surface area contributed by atoms with Gasteiger partial charge in [-0.05, 0) is 48.9 Å². The first kappa shape index (κ1) is 19.2. The molecular weight excluding hydrogens is 382 g/mol. The summed E-state index contributed by atoms with van der Waals surface area (Å²) in [5.74, 6) is 0.877. The van der Waals surface area contributed by atoms with Crippen molar-refractivity contribution < 1.29 is 4.79 Å². The van der Waals surface area contributed by atoms with Crippen LogP contribution in [0.2, 0.25) is 5.02 Å². The number of imidazole rings is 1. The number of fused-ring (bicyclic) bond motifs is 1. The quantitative estimate of drug-likeness (QED) is 0.491. The lowest BCUT2D eigenvalue weighted by atomic mass is 10.1. The van der Waals surface area contributed by atoms with E-state index in [9.17, 15) is 4.79 Å². The van der Waals surface area contributed by atoms with E-state index in [4.69, 9.17) is 16.6 Å². The number of nitrogens with zero attached hydrogens (tertiary/aromatic N) is 2. The number of nitrogens with one attached hydrogen (secondary N) is 1. The summed E-state index contributed by atoms with van der Waals surface area (Å²) in [5.41, 5.74) is 4.89. The van der Waals surface area contributed by atoms with Crippen molar-refractivity contribution in [3.63, 3.8) is 0 Å². The normalized spacial score (nSPS) is 11.0. The third-order valence-electron chi connectivity index (χ3n) is 4.88. The summed E-state index contributed by atoms with van der Waals surface area (Å²) in [7, 11) is 0. The number of hydrogen-bond donors (Lipinski definition) is 1. The third-order valence-corrected chi connectivity index (χ3v) is 5.11. The monoisotopic (exact) mass is 403 g/mol. The average molecular weight is 404 g/mol. The SMILES string of the molecule is Cc1cccc(C(=O)NCCc2nc3ccccc3n2Cc2cccc(Cl)c2)c1. The molecule has 1 amide bonds. The molecule has 0 unspecified atom stereocenters. The number of rotatable bonds is 6. The molecule has 0 aliphatic carbocycles. The molecule has 4 nitrogen and oxygen atoms in total. The highest BCUT2D eigenvalue weighted by Gasteiger charge is 2.12. The van der Waals surface area contributed by atoms with Crippen LogP contribution in [0.4, 0.5) is 0 Å². The van der Waals surface area contributed by atoms with Crippen molar-refractivity contribution >= 4 is 28.5 Å². The Labute approximate surface area is 175 Å². The first-order valence-electron chi connectivity index (χ1n) is 9.63. The first-order valence-corrected chi connectivity index (χ1v) is 10.0. The largest absolute Gasteiger partial charge is 0.352 e. The van der Waals surface area contributed by atoms with Crippen molar-refractivity contribution in [1.82, 2.24) is 14.9 Å². The minimum atomic E-state index is -0.0637. The zero-order valence-corrected chi connectivity index (χ0v) is 17.0. The maximum absolute atomic E-state index is 12.4. The van der Waals surface area contributed by atoms with E-state index in [2.05, 4.69) is 22.0 Å². The number of aromatic nitrogens is 2. The van der Waals surface area contributed by atoms with Crippen LogP contribution >= 0.6 is 11.6 Å². The summed E-state index contributed by atoms with van der Waals surface area (Å²) < 4.78 is 2.19. The Morgan fingerprint density at radius 3 is 2.69 bits per heavy atom. The van der Waals surface area contributed by atoms with Crippen LogP contribution in [0.5, 0.6) is 0 Å². The van der Waals surface area contributed by atoms with Crippen LogP contribution < -0.4 is 5.32 Å². The second-order valence-corrected chi connectivity index (χ2v) is 7.54. The Bertz CT molecular complexity index is 1170. The van der Waals surface area contributed by atoms with Gasteiger partial charge in [0.2, 0.25) is 0 Å². The Morgan fingerprint density at radius 1 is 1.03 bits per heavy atom. The molecule has 0 spiro atoms. The third kappa shape index (κ3) is 4.49. The van der Waals surface area contributed by atoms with Gasteiger partial charge in [-0.25, -0.2) is 4.98 Å². The number of benzene rings is 3. The number of hydrogen-bond acceptors (Lipinski definition) is 2. The lowest BCUT2D eigenvalue weighted by Crippen LogP contribution is -2.26. The number of amides is 1. The Balaban J connectivity index is 1.53. The first-order chi connectivity index (χ1) is 14.1. The Kier molecular flexibility index (Phi) is 5.63. The molecule has 0 saturated heterocycles. The predicted octanol–water partition coefficient (Wildman–Crippen LogP) is 5.02. The van der Waals surface area contributed by atoms with Crippen LogP contribution in [-0.4, -0.2) is 22.0 Å². The van der Waals surface area contributed by atoms with Crippen LogP contribution in [0.3, 0.4) is 0 Å². The van der Waals surface area contributed by atoms with Crippen molar-refractivity contribution in [3.8, 4) is 0 Å². The van der Waals surface area contributed by atoms with Crippen molar-refractivity contribution in [2.75, 3.05) is 6.54 Å². The van der Waals surface area contributed by atoms with Gasteiger partial charge in [0.25, 0.3) is 5.91 Å². The molecule has 3 aromatic carbocycles. The molecule has 5 heteroatoms. The highest BCUT2D eigenvalue weighted by atomic mass is 35.5. The summed E-state index contributed by atoms with van der Waals surface area (Å²) in [5, 5.41) is 3.73. The van der Waals surface area contributed by atoms with Gasteiger partial charge in [0.05, 0.1) is 11.0 Å². The second kappa shape index (κ2) is 8.50. The molecule has 4 aromatic rings. The highest BCUT2D eigenvalue weighted by Crippen LogP contribution is 2.20. The zero-order chi connectivity index (χ0) is 20.2. The topological polar surface area (TPSA) is 46.9 Å². The van der Waals surface area contributed by atoms with Crippen molar-refractivity contribution in [3.05, 3.63) is 100 Å². The molecule has 0 bridgehead atoms. The van der Waals surface area contributed by atoms with E-state index < -0.39 is 0 Å². The Morgan fingerprint density at radius 2 is 1.86 bits per heavy atom. The van der Waals surface area contributed by atoms with Gasteiger partial charge in [-0.3, -0.25) is 4.79 Å². The molecule has 0 fully saturated rings. The van der Waals surface area contributed by atoms with Crippen LogP contribution in [0.25, 0.3) is 11.0 Å². The van der Waals surface area contributed by atoms with Gasteiger partial charge in [-0.15, -0.1) is 0 Å². The van der Waals surface area contributed by atoms with Crippen LogP contribution in [0.15, 0.2) is 72.8 Å². The van der Waals surface area contributed by atoms with Crippen LogP contribution in [-0.2, 0) is 13.0 Å². The minimum absolute atomic E-state index is 0.0637. The number of para-hydroxylation sites is 2. The predicted molar refractivity (Wildman–Crippen MR) is 118 cm³/mol. The van der Waals surface area contributed by atoms with Crippen molar-refractivity contribution in [2.45, 2.75) is 19.9 Å². The maximum Gasteiger partial charge on any atom is 0.251 e. The lowest BCUT2D eigenvalue weighted by molar-refractivity contribution is 0.0954. The van der Waals surface area contributed by atoms with Gasteiger partial charge >= 0.3 is 0 Å². The smallest absolute Gasteiger partial charge is 0.251 e. The molecule has 4 rings (SSSR count). The summed E-state index contributed by atoms with van der Waals surface area (Å²) >= 11 is 6.16. The van der Waals surface area contributed by atoms with Gasteiger partial charge in [0.15, 0.2) is 0 Å². The average Bonchev–Trinajstić information content (AvgIpc) is 3.05. The van der Waals surface area contributed by atoms with E-state index in [-0.39, 0.29) is 5.91 Å². The minimum Gasteiger partial charge on any atom is -0.352 e. The zero-order valence-electron chi connectivity index (χ0n) is 16.2. The lowest BCUT2D eigenvalue weighted by Gasteiger charge is -2.11. The number of aryl methyl sites for hydroxylation is 1. The summed E-state index contributed by atoms with van der Waals surface area (Å²) in [6.07, 6.45) is 0.646. The van der Waals surface area contributed by atoms with E-state index in [1.165, 1.54) is 0 Å². The van der Waals surface area contributed by atoms with E-state index in [0.29, 0.717) is 25.1 Å². The fourth-order valence-corrected chi connectivity index (χ4v) is 3.70. The highest BCUT2D eigenvalue weighted by molar-refractivity contribution is 6.30. The van der Waals surface area contributed by atoms with E-state index >= 15 is 0 Å². The molecule has 0 aliphatic heterocycles.